The number of carbonyl (C=O) groups is 1. The minimum absolute atomic E-state index is 0.257. The molecule has 5 nitrogen and oxygen atoms in total. The van der Waals surface area contributed by atoms with E-state index < -0.39 is 5.82 Å². The third-order valence-electron chi connectivity index (χ3n) is 3.82. The van der Waals surface area contributed by atoms with E-state index in [2.05, 4.69) is 47.9 Å². The molecule has 1 aromatic heterocycles. The highest BCUT2D eigenvalue weighted by molar-refractivity contribution is 7.71. The Bertz CT molecular complexity index is 742. The number of nitrogens with one attached hydrogen (secondary N) is 3. The van der Waals surface area contributed by atoms with Crippen LogP contribution in [0.3, 0.4) is 0 Å². The zero-order chi connectivity index (χ0) is 17.1. The first-order valence-corrected chi connectivity index (χ1v) is 8.16. The van der Waals surface area contributed by atoms with Crippen molar-refractivity contribution in [1.82, 2.24) is 20.2 Å². The van der Waals surface area contributed by atoms with Gasteiger partial charge in [0, 0.05) is 25.2 Å². The van der Waals surface area contributed by atoms with Gasteiger partial charge in [0.25, 0.3) is 5.91 Å². The summed E-state index contributed by atoms with van der Waals surface area (Å²) in [7, 11) is 0. The van der Waals surface area contributed by atoms with Crippen molar-refractivity contribution in [3.05, 3.63) is 28.3 Å². The van der Waals surface area contributed by atoms with E-state index >= 15 is 0 Å². The molecule has 0 saturated heterocycles. The smallest absolute Gasteiger partial charge is 0.253 e. The monoisotopic (exact) mass is 338 g/mol. The van der Waals surface area contributed by atoms with Gasteiger partial charge in [-0.3, -0.25) is 9.69 Å². The van der Waals surface area contributed by atoms with Crippen molar-refractivity contribution < 1.29 is 9.18 Å². The molecule has 0 aliphatic heterocycles. The topological polar surface area (TPSA) is 63.9 Å². The number of rotatable bonds is 6. The second-order valence-electron chi connectivity index (χ2n) is 6.14. The van der Waals surface area contributed by atoms with Crippen molar-refractivity contribution in [1.29, 1.82) is 0 Å². The van der Waals surface area contributed by atoms with Gasteiger partial charge in [-0.1, -0.05) is 0 Å². The normalized spacial score (nSPS) is 11.8. The van der Waals surface area contributed by atoms with E-state index in [0.717, 1.165) is 6.54 Å². The average molecular weight is 338 g/mol. The van der Waals surface area contributed by atoms with Gasteiger partial charge in [0.1, 0.15) is 5.82 Å². The molecule has 0 unspecified atom stereocenters. The Morgan fingerprint density at radius 1 is 1.26 bits per heavy atom. The van der Waals surface area contributed by atoms with Gasteiger partial charge in [0.15, 0.2) is 4.77 Å². The highest BCUT2D eigenvalue weighted by Crippen LogP contribution is 2.17. The molecule has 0 atom stereocenters. The fourth-order valence-corrected chi connectivity index (χ4v) is 3.00. The number of imidazole rings is 1. The molecule has 0 fully saturated rings. The van der Waals surface area contributed by atoms with Crippen molar-refractivity contribution in [2.75, 3.05) is 13.1 Å². The number of carbonyl (C=O) groups excluding carboxylic acids is 1. The van der Waals surface area contributed by atoms with Gasteiger partial charge in [-0.15, -0.1) is 0 Å². The Balaban J connectivity index is 2.11. The van der Waals surface area contributed by atoms with Crippen molar-refractivity contribution in [2.24, 2.45) is 0 Å². The summed E-state index contributed by atoms with van der Waals surface area (Å²) in [4.78, 5) is 20.4. The highest BCUT2D eigenvalue weighted by atomic mass is 32.1. The van der Waals surface area contributed by atoms with Crippen molar-refractivity contribution in [3.63, 3.8) is 0 Å². The maximum atomic E-state index is 13.7. The molecule has 0 bridgehead atoms. The van der Waals surface area contributed by atoms with Crippen molar-refractivity contribution in [3.8, 4) is 0 Å². The number of halogens is 1. The summed E-state index contributed by atoms with van der Waals surface area (Å²) in [5.74, 6) is -0.786. The van der Waals surface area contributed by atoms with Crippen LogP contribution in [0.2, 0.25) is 0 Å². The molecule has 0 aliphatic rings. The molecule has 0 radical (unpaired) electrons. The van der Waals surface area contributed by atoms with E-state index in [4.69, 9.17) is 12.2 Å². The summed E-state index contributed by atoms with van der Waals surface area (Å²) in [5.41, 5.74) is 1.28. The second-order valence-corrected chi connectivity index (χ2v) is 6.54. The number of nitrogens with zero attached hydrogens (tertiary/aromatic N) is 1. The number of H-pyrrole nitrogens is 2. The van der Waals surface area contributed by atoms with Gasteiger partial charge >= 0.3 is 0 Å². The van der Waals surface area contributed by atoms with E-state index in [9.17, 15) is 9.18 Å². The molecule has 23 heavy (non-hydrogen) atoms. The Kier molecular flexibility index (Phi) is 5.54. The molecule has 0 spiro atoms. The van der Waals surface area contributed by atoms with Crippen molar-refractivity contribution in [2.45, 2.75) is 39.8 Å². The number of fused-ring (bicyclic) bond motifs is 1. The second kappa shape index (κ2) is 7.23. The van der Waals surface area contributed by atoms with Crippen LogP contribution >= 0.6 is 12.2 Å². The predicted octanol–water partition coefficient (Wildman–Crippen LogP) is 3.21. The molecule has 0 aliphatic carbocycles. The van der Waals surface area contributed by atoms with E-state index in [1.54, 1.807) is 0 Å². The first-order valence-electron chi connectivity index (χ1n) is 7.75. The summed E-state index contributed by atoms with van der Waals surface area (Å²) in [6.45, 7) is 9.73. The van der Waals surface area contributed by atoms with Gasteiger partial charge in [-0.25, -0.2) is 4.39 Å². The molecule has 1 aromatic carbocycles. The molecular weight excluding hydrogens is 315 g/mol. The van der Waals surface area contributed by atoms with Crippen LogP contribution < -0.4 is 5.32 Å². The fourth-order valence-electron chi connectivity index (χ4n) is 2.79. The Hall–Kier alpha value is -1.73. The lowest BCUT2D eigenvalue weighted by atomic mass is 10.1. The lowest BCUT2D eigenvalue weighted by Gasteiger charge is -2.30. The largest absolute Gasteiger partial charge is 0.351 e. The van der Waals surface area contributed by atoms with E-state index in [-0.39, 0.29) is 11.5 Å². The zero-order valence-electron chi connectivity index (χ0n) is 13.9. The first kappa shape index (κ1) is 17.6. The number of hydrogen-bond acceptors (Lipinski definition) is 3. The number of benzene rings is 1. The van der Waals surface area contributed by atoms with Crippen LogP contribution in [0.5, 0.6) is 0 Å². The maximum Gasteiger partial charge on any atom is 0.253 e. The third kappa shape index (κ3) is 4.17. The van der Waals surface area contributed by atoms with Crippen LogP contribution in [0.25, 0.3) is 11.0 Å². The quantitative estimate of drug-likeness (QED) is 0.709. The van der Waals surface area contributed by atoms with Crippen LogP contribution in [-0.4, -0.2) is 45.9 Å². The lowest BCUT2D eigenvalue weighted by Crippen LogP contribution is -2.42. The molecule has 1 heterocycles. The van der Waals surface area contributed by atoms with Gasteiger partial charge in [0.2, 0.25) is 0 Å². The molecule has 1 amide bonds. The van der Waals surface area contributed by atoms with E-state index in [0.29, 0.717) is 34.4 Å². The first-order chi connectivity index (χ1) is 10.8. The Morgan fingerprint density at radius 2 is 1.91 bits per heavy atom. The van der Waals surface area contributed by atoms with Gasteiger partial charge in [0.05, 0.1) is 16.6 Å². The molecule has 2 rings (SSSR count). The van der Waals surface area contributed by atoms with Crippen LogP contribution in [-0.2, 0) is 0 Å². The summed E-state index contributed by atoms with van der Waals surface area (Å²) in [6.07, 6.45) is 0. The van der Waals surface area contributed by atoms with Gasteiger partial charge < -0.3 is 15.3 Å². The Morgan fingerprint density at radius 3 is 2.52 bits per heavy atom. The minimum atomic E-state index is -0.473. The molecule has 2 aromatic rings. The number of aromatic amines is 2. The van der Waals surface area contributed by atoms with E-state index in [1.165, 1.54) is 12.1 Å². The number of amides is 1. The summed E-state index contributed by atoms with van der Waals surface area (Å²) in [6, 6.07) is 3.33. The molecule has 7 heteroatoms. The molecular formula is C16H23FN4OS. The summed E-state index contributed by atoms with van der Waals surface area (Å²) < 4.78 is 14.0. The van der Waals surface area contributed by atoms with Crippen LogP contribution in [0.4, 0.5) is 4.39 Å². The predicted molar refractivity (Wildman–Crippen MR) is 92.8 cm³/mol. The van der Waals surface area contributed by atoms with Crippen LogP contribution in [0.1, 0.15) is 38.1 Å². The molecule has 0 saturated carbocycles. The van der Waals surface area contributed by atoms with Gasteiger partial charge in [-0.05, 0) is 52.0 Å². The van der Waals surface area contributed by atoms with Gasteiger partial charge in [-0.2, -0.15) is 0 Å². The zero-order valence-corrected chi connectivity index (χ0v) is 14.7. The number of hydrogen-bond donors (Lipinski definition) is 3. The summed E-state index contributed by atoms with van der Waals surface area (Å²) in [5, 5.41) is 2.85. The van der Waals surface area contributed by atoms with E-state index in [1.807, 2.05) is 0 Å². The van der Waals surface area contributed by atoms with Crippen molar-refractivity contribution >= 4 is 29.2 Å². The highest BCUT2D eigenvalue weighted by Gasteiger charge is 2.16. The number of aromatic nitrogens is 2. The fraction of sp³-hybridized carbons (Fsp3) is 0.500. The lowest BCUT2D eigenvalue weighted by molar-refractivity contribution is 0.0940. The maximum absolute atomic E-state index is 13.7. The average Bonchev–Trinajstić information content (AvgIpc) is 2.81. The minimum Gasteiger partial charge on any atom is -0.351 e. The van der Waals surface area contributed by atoms with Crippen LogP contribution in [0.15, 0.2) is 12.1 Å². The standard InChI is InChI=1S/C16H23FN4OS/c1-9(2)21(10(3)4)6-5-18-15(22)12-7-11(17)8-13-14(12)20-16(23)19-13/h7-10H,5-6H2,1-4H3,(H,18,22)(H2,19,20,23). The molecule has 3 N–H and O–H groups in total. The SMILES string of the molecule is CC(C)N(CCNC(=O)c1cc(F)cc2[nH]c(=S)[nH]c12)C(C)C. The Labute approximate surface area is 140 Å². The summed E-state index contributed by atoms with van der Waals surface area (Å²) >= 11 is 5.01. The molecule has 126 valence electrons. The third-order valence-corrected chi connectivity index (χ3v) is 4.02. The van der Waals surface area contributed by atoms with Crippen LogP contribution in [0, 0.1) is 10.6 Å².